The standard InChI is InChI=1S/C12H11F2IN2S/c13-9-1-7(2-10(14)5-9)3-11(17-16)8-4-12(15)18-6-8/h1-2,4-6,11,17H,3,16H2. The molecule has 0 fully saturated rings. The Morgan fingerprint density at radius 2 is 1.89 bits per heavy atom. The van der Waals surface area contributed by atoms with Crippen molar-refractivity contribution in [2.75, 3.05) is 0 Å². The van der Waals surface area contributed by atoms with Crippen molar-refractivity contribution in [3.8, 4) is 0 Å². The van der Waals surface area contributed by atoms with Crippen molar-refractivity contribution < 1.29 is 8.78 Å². The third-order valence-electron chi connectivity index (χ3n) is 2.55. The summed E-state index contributed by atoms with van der Waals surface area (Å²) in [6.45, 7) is 0. The van der Waals surface area contributed by atoms with E-state index in [2.05, 4.69) is 28.0 Å². The third kappa shape index (κ3) is 3.47. The first-order valence-electron chi connectivity index (χ1n) is 5.23. The van der Waals surface area contributed by atoms with Gasteiger partial charge in [0.05, 0.1) is 8.93 Å². The summed E-state index contributed by atoms with van der Waals surface area (Å²) in [6, 6.07) is 5.37. The lowest BCUT2D eigenvalue weighted by Gasteiger charge is -2.14. The highest BCUT2D eigenvalue weighted by atomic mass is 127. The molecular formula is C12H11F2IN2S. The molecule has 18 heavy (non-hydrogen) atoms. The Morgan fingerprint density at radius 3 is 2.39 bits per heavy atom. The minimum absolute atomic E-state index is 0.147. The maximum Gasteiger partial charge on any atom is 0.126 e. The van der Waals surface area contributed by atoms with E-state index in [1.165, 1.54) is 12.1 Å². The van der Waals surface area contributed by atoms with E-state index < -0.39 is 11.6 Å². The van der Waals surface area contributed by atoms with Crippen molar-refractivity contribution in [3.05, 3.63) is 55.3 Å². The average molecular weight is 380 g/mol. The van der Waals surface area contributed by atoms with Gasteiger partial charge in [-0.1, -0.05) is 0 Å². The van der Waals surface area contributed by atoms with Crippen LogP contribution in [0.25, 0.3) is 0 Å². The number of nitrogens with two attached hydrogens (primary N) is 1. The second-order valence-corrected chi connectivity index (χ2v) is 6.69. The second-order valence-electron chi connectivity index (χ2n) is 3.89. The molecule has 1 heterocycles. The van der Waals surface area contributed by atoms with E-state index in [1.807, 2.05) is 11.4 Å². The Labute approximate surface area is 121 Å². The van der Waals surface area contributed by atoms with Crippen molar-refractivity contribution in [2.24, 2.45) is 5.84 Å². The summed E-state index contributed by atoms with van der Waals surface area (Å²) in [5, 5.41) is 1.99. The molecule has 1 aromatic carbocycles. The van der Waals surface area contributed by atoms with Gasteiger partial charge in [0.15, 0.2) is 0 Å². The van der Waals surface area contributed by atoms with Gasteiger partial charge < -0.3 is 0 Å². The predicted octanol–water partition coefficient (Wildman–Crippen LogP) is 3.38. The van der Waals surface area contributed by atoms with E-state index >= 15 is 0 Å². The van der Waals surface area contributed by atoms with Crippen molar-refractivity contribution in [3.63, 3.8) is 0 Å². The van der Waals surface area contributed by atoms with Gasteiger partial charge in [-0.05, 0) is 63.7 Å². The first-order valence-corrected chi connectivity index (χ1v) is 7.19. The van der Waals surface area contributed by atoms with E-state index in [1.54, 1.807) is 11.3 Å². The molecule has 0 bridgehead atoms. The van der Waals surface area contributed by atoms with E-state index in [0.717, 1.165) is 14.5 Å². The van der Waals surface area contributed by atoms with Crippen molar-refractivity contribution in [2.45, 2.75) is 12.5 Å². The number of hydrogen-bond acceptors (Lipinski definition) is 3. The van der Waals surface area contributed by atoms with E-state index in [4.69, 9.17) is 5.84 Å². The molecule has 2 aromatic rings. The van der Waals surface area contributed by atoms with Gasteiger partial charge in [0.25, 0.3) is 0 Å². The van der Waals surface area contributed by atoms with Crippen LogP contribution in [0.4, 0.5) is 8.78 Å². The molecule has 1 aromatic heterocycles. The lowest BCUT2D eigenvalue weighted by atomic mass is 10.0. The number of nitrogens with one attached hydrogen (secondary N) is 1. The zero-order valence-corrected chi connectivity index (χ0v) is 12.3. The molecule has 6 heteroatoms. The fourth-order valence-corrected chi connectivity index (χ4v) is 3.17. The van der Waals surface area contributed by atoms with Crippen LogP contribution in [0.3, 0.4) is 0 Å². The molecule has 0 amide bonds. The number of halogens is 3. The largest absolute Gasteiger partial charge is 0.271 e. The van der Waals surface area contributed by atoms with Crippen molar-refractivity contribution in [1.82, 2.24) is 5.43 Å². The maximum absolute atomic E-state index is 13.1. The van der Waals surface area contributed by atoms with Crippen LogP contribution in [0.2, 0.25) is 0 Å². The Morgan fingerprint density at radius 1 is 1.22 bits per heavy atom. The molecular weight excluding hydrogens is 369 g/mol. The summed E-state index contributed by atoms with van der Waals surface area (Å²) < 4.78 is 27.3. The van der Waals surface area contributed by atoms with Gasteiger partial charge >= 0.3 is 0 Å². The molecule has 2 nitrogen and oxygen atoms in total. The summed E-state index contributed by atoms with van der Waals surface area (Å²) in [6.07, 6.45) is 0.442. The van der Waals surface area contributed by atoms with Gasteiger partial charge in [-0.3, -0.25) is 11.3 Å². The maximum atomic E-state index is 13.1. The molecule has 0 spiro atoms. The zero-order valence-electron chi connectivity index (χ0n) is 9.29. The molecule has 1 unspecified atom stereocenters. The Bertz CT molecular complexity index is 524. The van der Waals surface area contributed by atoms with Crippen LogP contribution >= 0.6 is 33.9 Å². The van der Waals surface area contributed by atoms with E-state index in [9.17, 15) is 8.78 Å². The molecule has 0 aliphatic carbocycles. The molecule has 0 aliphatic heterocycles. The average Bonchev–Trinajstić information content (AvgIpc) is 2.71. The normalized spacial score (nSPS) is 12.7. The summed E-state index contributed by atoms with van der Waals surface area (Å²) in [4.78, 5) is 0. The summed E-state index contributed by atoms with van der Waals surface area (Å²) in [5.41, 5.74) is 4.28. The van der Waals surface area contributed by atoms with Gasteiger partial charge in [0, 0.05) is 6.07 Å². The summed E-state index contributed by atoms with van der Waals surface area (Å²) in [5.74, 6) is 4.37. The molecule has 2 rings (SSSR count). The lowest BCUT2D eigenvalue weighted by molar-refractivity contribution is 0.541. The van der Waals surface area contributed by atoms with Crippen LogP contribution in [0.15, 0.2) is 29.6 Å². The molecule has 96 valence electrons. The SMILES string of the molecule is NNC(Cc1cc(F)cc(F)c1)c1csc(I)c1. The highest BCUT2D eigenvalue weighted by Gasteiger charge is 2.13. The highest BCUT2D eigenvalue weighted by Crippen LogP contribution is 2.25. The predicted molar refractivity (Wildman–Crippen MR) is 77.2 cm³/mol. The smallest absolute Gasteiger partial charge is 0.126 e. The molecule has 3 N–H and O–H groups in total. The zero-order chi connectivity index (χ0) is 13.1. The summed E-state index contributed by atoms with van der Waals surface area (Å²) >= 11 is 3.83. The first kappa shape index (κ1) is 13.9. The van der Waals surface area contributed by atoms with Crippen LogP contribution in [-0.2, 0) is 6.42 Å². The molecule has 0 radical (unpaired) electrons. The number of benzene rings is 1. The topological polar surface area (TPSA) is 38.0 Å². The van der Waals surface area contributed by atoms with Crippen LogP contribution < -0.4 is 11.3 Å². The number of rotatable bonds is 4. The van der Waals surface area contributed by atoms with Crippen LogP contribution in [-0.4, -0.2) is 0 Å². The van der Waals surface area contributed by atoms with Gasteiger partial charge in [-0.15, -0.1) is 11.3 Å². The van der Waals surface area contributed by atoms with Gasteiger partial charge in [0.1, 0.15) is 11.6 Å². The number of hydrogen-bond donors (Lipinski definition) is 2. The fourth-order valence-electron chi connectivity index (χ4n) is 1.74. The Kier molecular flexibility index (Phi) is 4.66. The fraction of sp³-hybridized carbons (Fsp3) is 0.167. The minimum Gasteiger partial charge on any atom is -0.271 e. The van der Waals surface area contributed by atoms with Crippen molar-refractivity contribution in [1.29, 1.82) is 0 Å². The lowest BCUT2D eigenvalue weighted by Crippen LogP contribution is -2.29. The molecule has 0 aliphatic rings. The van der Waals surface area contributed by atoms with Crippen LogP contribution in [0.5, 0.6) is 0 Å². The monoisotopic (exact) mass is 380 g/mol. The first-order chi connectivity index (χ1) is 8.58. The number of hydrazine groups is 1. The summed E-state index contributed by atoms with van der Waals surface area (Å²) in [7, 11) is 0. The van der Waals surface area contributed by atoms with Gasteiger partial charge in [-0.2, -0.15) is 0 Å². The molecule has 1 atom stereocenters. The second kappa shape index (κ2) is 6.05. The number of thiophene rings is 1. The Balaban J connectivity index is 2.20. The van der Waals surface area contributed by atoms with Gasteiger partial charge in [0.2, 0.25) is 0 Å². The van der Waals surface area contributed by atoms with Crippen LogP contribution in [0, 0.1) is 14.5 Å². The Hall–Kier alpha value is -0.570. The van der Waals surface area contributed by atoms with Gasteiger partial charge in [-0.25, -0.2) is 8.78 Å². The quantitative estimate of drug-likeness (QED) is 0.485. The van der Waals surface area contributed by atoms with Crippen LogP contribution in [0.1, 0.15) is 17.2 Å². The van der Waals surface area contributed by atoms with Crippen molar-refractivity contribution >= 4 is 33.9 Å². The van der Waals surface area contributed by atoms with E-state index in [-0.39, 0.29) is 6.04 Å². The molecule has 0 saturated heterocycles. The molecule has 0 saturated carbocycles. The highest BCUT2D eigenvalue weighted by molar-refractivity contribution is 14.1. The third-order valence-corrected chi connectivity index (χ3v) is 4.36. The van der Waals surface area contributed by atoms with E-state index in [0.29, 0.717) is 12.0 Å². The minimum atomic E-state index is -0.569.